The summed E-state index contributed by atoms with van der Waals surface area (Å²) in [6, 6.07) is 10.4. The summed E-state index contributed by atoms with van der Waals surface area (Å²) < 4.78 is 11.0. The number of hydrogen-bond donors (Lipinski definition) is 1. The zero-order valence-corrected chi connectivity index (χ0v) is 20.5. The Kier molecular flexibility index (Phi) is 9.39. The van der Waals surface area contributed by atoms with Crippen molar-refractivity contribution in [2.45, 2.75) is 59.7 Å². The number of hydrogen-bond acceptors (Lipinski definition) is 4. The van der Waals surface area contributed by atoms with Crippen LogP contribution in [0.2, 0.25) is 5.02 Å². The van der Waals surface area contributed by atoms with Gasteiger partial charge in [-0.15, -0.1) is 0 Å². The predicted molar refractivity (Wildman–Crippen MR) is 127 cm³/mol. The number of carbonyl (C=O) groups excluding carboxylic acids is 2. The van der Waals surface area contributed by atoms with Gasteiger partial charge in [0.1, 0.15) is 17.5 Å². The highest BCUT2D eigenvalue weighted by atomic mass is 35.5. The van der Waals surface area contributed by atoms with E-state index in [2.05, 4.69) is 5.32 Å². The Balaban J connectivity index is 2.19. The van der Waals surface area contributed by atoms with Crippen molar-refractivity contribution in [1.29, 1.82) is 0 Å². The first kappa shape index (κ1) is 25.5. The minimum atomic E-state index is -0.657. The van der Waals surface area contributed by atoms with Gasteiger partial charge in [0.05, 0.1) is 7.11 Å². The Morgan fingerprint density at radius 3 is 2.19 bits per heavy atom. The van der Waals surface area contributed by atoms with Crippen molar-refractivity contribution in [2.24, 2.45) is 0 Å². The topological polar surface area (TPSA) is 67.9 Å². The Labute approximate surface area is 195 Å². The Morgan fingerprint density at radius 2 is 1.66 bits per heavy atom. The summed E-state index contributed by atoms with van der Waals surface area (Å²) in [6.45, 7) is 9.55. The van der Waals surface area contributed by atoms with Gasteiger partial charge >= 0.3 is 0 Å². The monoisotopic (exact) mass is 460 g/mol. The van der Waals surface area contributed by atoms with Gasteiger partial charge in [0, 0.05) is 17.6 Å². The SMILES string of the molecule is CC[C@H](C)NC(=O)[C@H](C)N(Cc1ccc(OC)cc1)C(=O)COc1cc(C)c(Cl)c(C)c1. The molecule has 0 aromatic heterocycles. The average molecular weight is 461 g/mol. The van der Waals surface area contributed by atoms with E-state index in [-0.39, 0.29) is 31.0 Å². The van der Waals surface area contributed by atoms with Crippen LogP contribution in [0.3, 0.4) is 0 Å². The first-order valence-electron chi connectivity index (χ1n) is 10.8. The second-order valence-corrected chi connectivity index (χ2v) is 8.40. The van der Waals surface area contributed by atoms with Crippen LogP contribution in [0.1, 0.15) is 43.9 Å². The van der Waals surface area contributed by atoms with Crippen molar-refractivity contribution in [1.82, 2.24) is 10.2 Å². The molecular weight excluding hydrogens is 428 g/mol. The zero-order chi connectivity index (χ0) is 23.8. The fraction of sp³-hybridized carbons (Fsp3) is 0.440. The molecule has 0 spiro atoms. The van der Waals surface area contributed by atoms with Gasteiger partial charge in [0.2, 0.25) is 5.91 Å². The van der Waals surface area contributed by atoms with E-state index in [1.165, 1.54) is 4.90 Å². The summed E-state index contributed by atoms with van der Waals surface area (Å²) >= 11 is 6.22. The highest BCUT2D eigenvalue weighted by Gasteiger charge is 2.27. The molecule has 174 valence electrons. The molecule has 0 aliphatic heterocycles. The lowest BCUT2D eigenvalue weighted by Gasteiger charge is -2.29. The molecule has 1 N–H and O–H groups in total. The van der Waals surface area contributed by atoms with E-state index >= 15 is 0 Å². The lowest BCUT2D eigenvalue weighted by molar-refractivity contribution is -0.142. The molecule has 2 atom stereocenters. The van der Waals surface area contributed by atoms with Crippen LogP contribution in [0.5, 0.6) is 11.5 Å². The van der Waals surface area contributed by atoms with Gasteiger partial charge in [0.25, 0.3) is 5.91 Å². The molecule has 32 heavy (non-hydrogen) atoms. The van der Waals surface area contributed by atoms with E-state index < -0.39 is 6.04 Å². The van der Waals surface area contributed by atoms with Crippen molar-refractivity contribution < 1.29 is 19.1 Å². The number of rotatable bonds is 10. The number of halogens is 1. The van der Waals surface area contributed by atoms with Crippen LogP contribution in [-0.4, -0.2) is 42.5 Å². The van der Waals surface area contributed by atoms with Gasteiger partial charge in [-0.05, 0) is 75.1 Å². The molecule has 0 aliphatic carbocycles. The summed E-state index contributed by atoms with van der Waals surface area (Å²) in [5.74, 6) is 0.821. The molecule has 0 aliphatic rings. The second kappa shape index (κ2) is 11.8. The number of aryl methyl sites for hydroxylation is 2. The molecule has 0 bridgehead atoms. The third-order valence-electron chi connectivity index (χ3n) is 5.45. The zero-order valence-electron chi connectivity index (χ0n) is 19.7. The maximum atomic E-state index is 13.2. The molecule has 0 radical (unpaired) electrons. The van der Waals surface area contributed by atoms with Crippen molar-refractivity contribution in [2.75, 3.05) is 13.7 Å². The molecule has 2 aromatic carbocycles. The van der Waals surface area contributed by atoms with Gasteiger partial charge in [-0.3, -0.25) is 9.59 Å². The third kappa shape index (κ3) is 6.89. The van der Waals surface area contributed by atoms with E-state index in [9.17, 15) is 9.59 Å². The number of nitrogens with one attached hydrogen (secondary N) is 1. The smallest absolute Gasteiger partial charge is 0.261 e. The summed E-state index contributed by atoms with van der Waals surface area (Å²) in [6.07, 6.45) is 0.809. The van der Waals surface area contributed by atoms with Crippen LogP contribution < -0.4 is 14.8 Å². The van der Waals surface area contributed by atoms with Crippen molar-refractivity contribution >= 4 is 23.4 Å². The van der Waals surface area contributed by atoms with E-state index in [1.54, 1.807) is 26.2 Å². The highest BCUT2D eigenvalue weighted by molar-refractivity contribution is 6.32. The van der Waals surface area contributed by atoms with E-state index in [0.717, 1.165) is 28.9 Å². The van der Waals surface area contributed by atoms with Crippen molar-refractivity contribution in [3.63, 3.8) is 0 Å². The Morgan fingerprint density at radius 1 is 1.06 bits per heavy atom. The van der Waals surface area contributed by atoms with Crippen LogP contribution in [0, 0.1) is 13.8 Å². The summed E-state index contributed by atoms with van der Waals surface area (Å²) in [5.41, 5.74) is 2.65. The van der Waals surface area contributed by atoms with Gasteiger partial charge in [0.15, 0.2) is 6.61 Å². The molecule has 0 saturated carbocycles. The Bertz CT molecular complexity index is 907. The molecule has 0 fully saturated rings. The second-order valence-electron chi connectivity index (χ2n) is 8.02. The molecule has 0 saturated heterocycles. The predicted octanol–water partition coefficient (Wildman–Crippen LogP) is 4.68. The minimum absolute atomic E-state index is 0.0270. The molecule has 0 heterocycles. The first-order chi connectivity index (χ1) is 15.2. The van der Waals surface area contributed by atoms with Gasteiger partial charge in [-0.2, -0.15) is 0 Å². The Hall–Kier alpha value is -2.73. The first-order valence-corrected chi connectivity index (χ1v) is 11.2. The van der Waals surface area contributed by atoms with Crippen LogP contribution >= 0.6 is 11.6 Å². The number of benzene rings is 2. The quantitative estimate of drug-likeness (QED) is 0.559. The lowest BCUT2D eigenvalue weighted by Crippen LogP contribution is -2.50. The van der Waals surface area contributed by atoms with Crippen LogP contribution in [-0.2, 0) is 16.1 Å². The summed E-state index contributed by atoms with van der Waals surface area (Å²) in [7, 11) is 1.60. The maximum absolute atomic E-state index is 13.2. The van der Waals surface area contributed by atoms with Gasteiger partial charge in [-0.1, -0.05) is 30.7 Å². The standard InChI is InChI=1S/C25H33ClN2O4/c1-7-18(4)27-25(30)19(5)28(14-20-8-10-21(31-6)11-9-20)23(29)15-32-22-12-16(2)24(26)17(3)13-22/h8-13,18-19H,7,14-15H2,1-6H3,(H,27,30)/t18-,19-/m0/s1. The number of ether oxygens (including phenoxy) is 2. The summed E-state index contributed by atoms with van der Waals surface area (Å²) in [4.78, 5) is 27.5. The van der Waals surface area contributed by atoms with E-state index in [4.69, 9.17) is 21.1 Å². The van der Waals surface area contributed by atoms with Gasteiger partial charge in [-0.25, -0.2) is 0 Å². The van der Waals surface area contributed by atoms with Crippen LogP contribution in [0.4, 0.5) is 0 Å². The molecule has 0 unspecified atom stereocenters. The third-order valence-corrected chi connectivity index (χ3v) is 6.05. The number of amides is 2. The van der Waals surface area contributed by atoms with Crippen molar-refractivity contribution in [3.8, 4) is 11.5 Å². The molecule has 2 amide bonds. The van der Waals surface area contributed by atoms with Crippen LogP contribution in [0.25, 0.3) is 0 Å². The number of nitrogens with zero attached hydrogens (tertiary/aromatic N) is 1. The average Bonchev–Trinajstić information content (AvgIpc) is 2.78. The number of methoxy groups -OCH3 is 1. The number of carbonyl (C=O) groups is 2. The molecule has 6 nitrogen and oxygen atoms in total. The molecule has 7 heteroatoms. The molecular formula is C25H33ClN2O4. The fourth-order valence-corrected chi connectivity index (χ4v) is 3.30. The fourth-order valence-electron chi connectivity index (χ4n) is 3.19. The normalized spacial score (nSPS) is 12.6. The largest absolute Gasteiger partial charge is 0.497 e. The van der Waals surface area contributed by atoms with Crippen molar-refractivity contribution in [3.05, 3.63) is 58.1 Å². The van der Waals surface area contributed by atoms with Crippen LogP contribution in [0.15, 0.2) is 36.4 Å². The highest BCUT2D eigenvalue weighted by Crippen LogP contribution is 2.26. The summed E-state index contributed by atoms with van der Waals surface area (Å²) in [5, 5.41) is 3.64. The van der Waals surface area contributed by atoms with Gasteiger partial charge < -0.3 is 19.7 Å². The van der Waals surface area contributed by atoms with E-state index in [1.807, 2.05) is 52.0 Å². The van der Waals surface area contributed by atoms with E-state index in [0.29, 0.717) is 10.8 Å². The maximum Gasteiger partial charge on any atom is 0.261 e. The molecule has 2 aromatic rings. The molecule has 2 rings (SSSR count). The minimum Gasteiger partial charge on any atom is -0.497 e. The lowest BCUT2D eigenvalue weighted by atomic mass is 10.1.